The number of nitrogens with one attached hydrogen (secondary N) is 1. The van der Waals surface area contributed by atoms with E-state index in [9.17, 15) is 23.3 Å². The number of amides is 1. The molecule has 2 rings (SSSR count). The van der Waals surface area contributed by atoms with Crippen LogP contribution in [0.2, 0.25) is 0 Å². The second kappa shape index (κ2) is 10.5. The van der Waals surface area contributed by atoms with Gasteiger partial charge in [-0.25, -0.2) is 13.8 Å². The lowest BCUT2D eigenvalue weighted by molar-refractivity contribution is -0.385. The average Bonchev–Trinajstić information content (AvgIpc) is 2.78. The molecule has 1 N–H and O–H groups in total. The lowest BCUT2D eigenvalue weighted by Gasteiger charge is -2.17. The van der Waals surface area contributed by atoms with Gasteiger partial charge in [-0.15, -0.1) is 0 Å². The van der Waals surface area contributed by atoms with E-state index in [0.29, 0.717) is 11.3 Å². The topological polar surface area (TPSA) is 150 Å². The Morgan fingerprint density at radius 3 is 2.31 bits per heavy atom. The number of carbonyl (C=O) groups excluding carboxylic acids is 1. The van der Waals surface area contributed by atoms with Crippen LogP contribution in [0, 0.1) is 10.1 Å². The van der Waals surface area contributed by atoms with Crippen molar-refractivity contribution in [3.63, 3.8) is 0 Å². The quantitative estimate of drug-likeness (QED) is 0.314. The van der Waals surface area contributed by atoms with Crippen molar-refractivity contribution in [2.75, 3.05) is 34.9 Å². The summed E-state index contributed by atoms with van der Waals surface area (Å²) in [6.07, 6.45) is 1.19. The summed E-state index contributed by atoms with van der Waals surface area (Å²) >= 11 is 0. The molecule has 2 aromatic rings. The van der Waals surface area contributed by atoms with Gasteiger partial charge >= 0.3 is 5.69 Å². The van der Waals surface area contributed by atoms with Crippen LogP contribution in [0.3, 0.4) is 0 Å². The van der Waals surface area contributed by atoms with Crippen molar-refractivity contribution < 1.29 is 32.3 Å². The summed E-state index contributed by atoms with van der Waals surface area (Å²) in [5.74, 6) is -0.0430. The Morgan fingerprint density at radius 2 is 1.72 bits per heavy atom. The number of likely N-dealkylation sites (N-methyl/N-ethyl adjacent to an activating group) is 1. The Balaban J connectivity index is 2.06. The molecule has 0 aliphatic carbocycles. The monoisotopic (exact) mass is 466 g/mol. The molecule has 0 aliphatic heterocycles. The molecule has 0 radical (unpaired) electrons. The largest absolute Gasteiger partial charge is 0.493 e. The summed E-state index contributed by atoms with van der Waals surface area (Å²) < 4.78 is 41.4. The van der Waals surface area contributed by atoms with E-state index in [2.05, 4.69) is 10.5 Å². The van der Waals surface area contributed by atoms with E-state index >= 15 is 0 Å². The van der Waals surface area contributed by atoms with Crippen LogP contribution in [-0.2, 0) is 14.8 Å². The van der Waals surface area contributed by atoms with Crippen LogP contribution >= 0.6 is 0 Å². The molecule has 13 heteroatoms. The third-order valence-corrected chi connectivity index (χ3v) is 6.03. The molecule has 0 unspecified atom stereocenters. The van der Waals surface area contributed by atoms with Crippen LogP contribution in [-0.4, -0.2) is 64.7 Å². The summed E-state index contributed by atoms with van der Waals surface area (Å²) in [6, 6.07) is 8.19. The summed E-state index contributed by atoms with van der Waals surface area (Å²) in [6.45, 7) is -0.517. The Kier molecular flexibility index (Phi) is 8.09. The van der Waals surface area contributed by atoms with Crippen molar-refractivity contribution in [1.29, 1.82) is 0 Å². The van der Waals surface area contributed by atoms with Crippen LogP contribution in [0.4, 0.5) is 5.69 Å². The number of nitrogens with zero attached hydrogens (tertiary/aromatic N) is 3. The number of hydrogen-bond acceptors (Lipinski definition) is 9. The highest BCUT2D eigenvalue weighted by Crippen LogP contribution is 2.30. The van der Waals surface area contributed by atoms with Gasteiger partial charge in [-0.2, -0.15) is 9.41 Å². The first-order chi connectivity index (χ1) is 15.1. The van der Waals surface area contributed by atoms with E-state index in [1.807, 2.05) is 0 Å². The second-order valence-corrected chi connectivity index (χ2v) is 8.30. The number of rotatable bonds is 10. The van der Waals surface area contributed by atoms with Gasteiger partial charge in [0.05, 0.1) is 43.9 Å². The number of carbonyl (C=O) groups is 1. The molecule has 2 aromatic carbocycles. The van der Waals surface area contributed by atoms with E-state index in [0.717, 1.165) is 4.31 Å². The Labute approximate surface area is 184 Å². The maximum atomic E-state index is 12.7. The maximum absolute atomic E-state index is 12.7. The van der Waals surface area contributed by atoms with Crippen molar-refractivity contribution in [3.8, 4) is 17.2 Å². The fourth-order valence-corrected chi connectivity index (χ4v) is 3.73. The number of hydrazone groups is 1. The number of benzene rings is 2. The van der Waals surface area contributed by atoms with Crippen molar-refractivity contribution in [2.24, 2.45) is 5.10 Å². The Bertz CT molecular complexity index is 1130. The van der Waals surface area contributed by atoms with Crippen LogP contribution in [0.15, 0.2) is 46.4 Å². The fraction of sp³-hybridized carbons (Fsp3) is 0.263. The van der Waals surface area contributed by atoms with Crippen molar-refractivity contribution in [2.45, 2.75) is 4.90 Å². The molecule has 0 fully saturated rings. The maximum Gasteiger partial charge on any atom is 0.311 e. The average molecular weight is 466 g/mol. The van der Waals surface area contributed by atoms with Crippen LogP contribution < -0.4 is 19.6 Å². The first-order valence-electron chi connectivity index (χ1n) is 8.96. The highest BCUT2D eigenvalue weighted by molar-refractivity contribution is 7.89. The van der Waals surface area contributed by atoms with Crippen LogP contribution in [0.25, 0.3) is 0 Å². The van der Waals surface area contributed by atoms with Gasteiger partial charge < -0.3 is 14.2 Å². The first-order valence-corrected chi connectivity index (χ1v) is 10.4. The van der Waals surface area contributed by atoms with Gasteiger partial charge in [0.25, 0.3) is 5.91 Å². The van der Waals surface area contributed by atoms with E-state index < -0.39 is 27.4 Å². The van der Waals surface area contributed by atoms with Crippen LogP contribution in [0.1, 0.15) is 5.56 Å². The molecule has 0 aromatic heterocycles. The number of hydrogen-bond donors (Lipinski definition) is 1. The van der Waals surface area contributed by atoms with E-state index in [1.54, 1.807) is 0 Å². The smallest absolute Gasteiger partial charge is 0.311 e. The van der Waals surface area contributed by atoms with Gasteiger partial charge in [0.1, 0.15) is 0 Å². The van der Waals surface area contributed by atoms with Gasteiger partial charge in [0.15, 0.2) is 17.2 Å². The number of methoxy groups -OCH3 is 3. The summed E-state index contributed by atoms with van der Waals surface area (Å²) in [5.41, 5.74) is 2.26. The van der Waals surface area contributed by atoms with Gasteiger partial charge in [-0.1, -0.05) is 0 Å². The molecule has 0 bridgehead atoms. The molecule has 172 valence electrons. The van der Waals surface area contributed by atoms with Crippen molar-refractivity contribution in [3.05, 3.63) is 52.1 Å². The Hall–Kier alpha value is -3.71. The predicted octanol–water partition coefficient (Wildman–Crippen LogP) is 1.39. The van der Waals surface area contributed by atoms with Crippen molar-refractivity contribution >= 4 is 27.8 Å². The highest BCUT2D eigenvalue weighted by Gasteiger charge is 2.24. The second-order valence-electron chi connectivity index (χ2n) is 6.26. The van der Waals surface area contributed by atoms with E-state index in [-0.39, 0.29) is 22.1 Å². The van der Waals surface area contributed by atoms with Crippen LogP contribution in [0.5, 0.6) is 17.2 Å². The Morgan fingerprint density at radius 1 is 1.09 bits per heavy atom. The van der Waals surface area contributed by atoms with Gasteiger partial charge in [0.2, 0.25) is 10.0 Å². The summed E-state index contributed by atoms with van der Waals surface area (Å²) in [5, 5.41) is 14.8. The van der Waals surface area contributed by atoms with E-state index in [1.165, 1.54) is 71.0 Å². The summed E-state index contributed by atoms with van der Waals surface area (Å²) in [4.78, 5) is 22.5. The zero-order chi connectivity index (χ0) is 23.9. The summed E-state index contributed by atoms with van der Waals surface area (Å²) in [7, 11) is 1.35. The minimum atomic E-state index is -4.00. The zero-order valence-corrected chi connectivity index (χ0v) is 18.6. The minimum absolute atomic E-state index is 0.0816. The third kappa shape index (κ3) is 5.70. The van der Waals surface area contributed by atoms with Gasteiger partial charge in [-0.05, 0) is 24.3 Å². The molecule has 0 spiro atoms. The molecular weight excluding hydrogens is 444 g/mol. The fourth-order valence-electron chi connectivity index (χ4n) is 2.59. The number of sulfonamides is 1. The molecule has 0 atom stereocenters. The zero-order valence-electron chi connectivity index (χ0n) is 17.8. The molecule has 32 heavy (non-hydrogen) atoms. The molecule has 1 amide bonds. The highest BCUT2D eigenvalue weighted by atomic mass is 32.2. The van der Waals surface area contributed by atoms with E-state index in [4.69, 9.17) is 14.2 Å². The molecule has 12 nitrogen and oxygen atoms in total. The third-order valence-electron chi connectivity index (χ3n) is 4.23. The molecule has 0 aliphatic rings. The standard InChI is InChI=1S/C19H22N4O8S/c1-22(32(27,28)14-6-8-17(30-3)18(10-14)31-4)12-19(24)21-20-11-13-5-7-16(29-2)15(9-13)23(25)26/h5-11H,12H2,1-4H3,(H,21,24)/b20-11-. The lowest BCUT2D eigenvalue weighted by Crippen LogP contribution is -2.36. The SMILES string of the molecule is COc1ccc(S(=O)(=O)N(C)CC(=O)N/N=C\c2ccc(OC)c([N+](=O)[O-])c2)cc1OC. The number of nitro groups is 1. The predicted molar refractivity (Wildman–Crippen MR) is 115 cm³/mol. The molecular formula is C19H22N4O8S. The van der Waals surface area contributed by atoms with Crippen molar-refractivity contribution in [1.82, 2.24) is 9.73 Å². The number of nitro benzene ring substituents is 1. The lowest BCUT2D eigenvalue weighted by atomic mass is 10.2. The molecule has 0 saturated heterocycles. The minimum Gasteiger partial charge on any atom is -0.493 e. The first kappa shape index (κ1) is 24.6. The normalized spacial score (nSPS) is 11.4. The molecule has 0 saturated carbocycles. The van der Waals surface area contributed by atoms with Gasteiger partial charge in [-0.3, -0.25) is 14.9 Å². The number of ether oxygens (including phenoxy) is 3. The molecule has 0 heterocycles. The van der Waals surface area contributed by atoms with Gasteiger partial charge in [0, 0.05) is 24.7 Å².